The van der Waals surface area contributed by atoms with Gasteiger partial charge in [-0.3, -0.25) is 4.90 Å². The molecule has 0 aromatic rings. The second-order valence-corrected chi connectivity index (χ2v) is 4.28. The summed E-state index contributed by atoms with van der Waals surface area (Å²) in [6.07, 6.45) is 2.76. The van der Waals surface area contributed by atoms with Crippen LogP contribution in [0.5, 0.6) is 0 Å². The first kappa shape index (κ1) is 9.01. The van der Waals surface area contributed by atoms with Gasteiger partial charge in [0.15, 0.2) is 0 Å². The molecule has 11 heavy (non-hydrogen) atoms. The summed E-state index contributed by atoms with van der Waals surface area (Å²) in [5, 5.41) is 0. The van der Waals surface area contributed by atoms with Gasteiger partial charge in [0, 0.05) is 18.1 Å². The van der Waals surface area contributed by atoms with Crippen molar-refractivity contribution in [2.75, 3.05) is 13.1 Å². The Morgan fingerprint density at radius 3 is 2.27 bits per heavy atom. The lowest BCUT2D eigenvalue weighted by atomic mass is 10.1. The van der Waals surface area contributed by atoms with Gasteiger partial charge in [0.25, 0.3) is 0 Å². The van der Waals surface area contributed by atoms with E-state index >= 15 is 0 Å². The third-order valence-corrected chi connectivity index (χ3v) is 2.08. The van der Waals surface area contributed by atoms with Crippen molar-refractivity contribution < 1.29 is 0 Å². The predicted molar refractivity (Wildman–Crippen MR) is 48.5 cm³/mol. The van der Waals surface area contributed by atoms with Crippen LogP contribution >= 0.6 is 0 Å². The van der Waals surface area contributed by atoms with E-state index in [1.807, 2.05) is 0 Å². The molecule has 0 atom stereocenters. The molecule has 1 rings (SSSR count). The maximum atomic E-state index is 5.94. The first-order valence-corrected chi connectivity index (χ1v) is 4.56. The van der Waals surface area contributed by atoms with Gasteiger partial charge in [-0.25, -0.2) is 0 Å². The topological polar surface area (TPSA) is 29.3 Å². The van der Waals surface area contributed by atoms with Crippen LogP contribution in [-0.2, 0) is 0 Å². The van der Waals surface area contributed by atoms with Crippen molar-refractivity contribution >= 4 is 0 Å². The molecule has 0 unspecified atom stereocenters. The van der Waals surface area contributed by atoms with E-state index in [2.05, 4.69) is 25.7 Å². The third kappa shape index (κ3) is 3.21. The van der Waals surface area contributed by atoms with Gasteiger partial charge >= 0.3 is 0 Å². The van der Waals surface area contributed by atoms with Gasteiger partial charge in [-0.05, 0) is 33.2 Å². The molecule has 1 saturated carbocycles. The van der Waals surface area contributed by atoms with Crippen molar-refractivity contribution in [3.8, 4) is 0 Å². The maximum Gasteiger partial charge on any atom is 0.0226 e. The molecule has 0 aromatic heterocycles. The van der Waals surface area contributed by atoms with Crippen LogP contribution in [0.3, 0.4) is 0 Å². The largest absolute Gasteiger partial charge is 0.324 e. The van der Waals surface area contributed by atoms with Crippen LogP contribution in [0.4, 0.5) is 0 Å². The highest BCUT2D eigenvalue weighted by Crippen LogP contribution is 2.27. The molecule has 0 aromatic carbocycles. The minimum atomic E-state index is -0.0292. The number of rotatable bonds is 4. The van der Waals surface area contributed by atoms with Crippen molar-refractivity contribution in [3.05, 3.63) is 0 Å². The molecule has 1 fully saturated rings. The summed E-state index contributed by atoms with van der Waals surface area (Å²) in [4.78, 5) is 2.49. The zero-order chi connectivity index (χ0) is 8.48. The Kier molecular flexibility index (Phi) is 2.55. The van der Waals surface area contributed by atoms with Crippen LogP contribution in [-0.4, -0.2) is 29.6 Å². The van der Waals surface area contributed by atoms with E-state index in [0.29, 0.717) is 0 Å². The van der Waals surface area contributed by atoms with Crippen LogP contribution in [0.1, 0.15) is 33.6 Å². The van der Waals surface area contributed by atoms with E-state index in [-0.39, 0.29) is 5.54 Å². The smallest absolute Gasteiger partial charge is 0.0226 e. The van der Waals surface area contributed by atoms with Crippen LogP contribution in [0.25, 0.3) is 0 Å². The molecule has 0 aliphatic heterocycles. The minimum absolute atomic E-state index is 0.0292. The van der Waals surface area contributed by atoms with Crippen molar-refractivity contribution in [1.29, 1.82) is 0 Å². The van der Waals surface area contributed by atoms with Gasteiger partial charge in [0.05, 0.1) is 0 Å². The van der Waals surface area contributed by atoms with Crippen LogP contribution in [0, 0.1) is 0 Å². The Balaban J connectivity index is 2.31. The molecule has 1 aliphatic carbocycles. The lowest BCUT2D eigenvalue weighted by molar-refractivity contribution is 0.227. The highest BCUT2D eigenvalue weighted by Gasteiger charge is 2.30. The maximum absolute atomic E-state index is 5.94. The molecule has 2 nitrogen and oxygen atoms in total. The van der Waals surface area contributed by atoms with Gasteiger partial charge in [-0.15, -0.1) is 0 Å². The fraction of sp³-hybridized carbons (Fsp3) is 1.00. The summed E-state index contributed by atoms with van der Waals surface area (Å²) in [7, 11) is 0. The number of nitrogens with zero attached hydrogens (tertiary/aromatic N) is 1. The lowest BCUT2D eigenvalue weighted by Gasteiger charge is -2.28. The van der Waals surface area contributed by atoms with Crippen molar-refractivity contribution in [3.63, 3.8) is 0 Å². The summed E-state index contributed by atoms with van der Waals surface area (Å²) in [5.74, 6) is 0. The van der Waals surface area contributed by atoms with E-state index in [1.54, 1.807) is 0 Å². The van der Waals surface area contributed by atoms with E-state index in [9.17, 15) is 0 Å². The molecule has 0 heterocycles. The molecule has 66 valence electrons. The highest BCUT2D eigenvalue weighted by molar-refractivity contribution is 4.88. The van der Waals surface area contributed by atoms with Crippen molar-refractivity contribution in [2.45, 2.75) is 45.2 Å². The van der Waals surface area contributed by atoms with Gasteiger partial charge in [0.2, 0.25) is 0 Å². The Morgan fingerprint density at radius 1 is 1.45 bits per heavy atom. The molecule has 0 bridgehead atoms. The second kappa shape index (κ2) is 3.11. The number of nitrogens with two attached hydrogens (primary N) is 1. The predicted octanol–water partition coefficient (Wildman–Crippen LogP) is 1.21. The first-order chi connectivity index (χ1) is 5.03. The fourth-order valence-electron chi connectivity index (χ4n) is 1.46. The molecular formula is C9H20N2. The summed E-state index contributed by atoms with van der Waals surface area (Å²) in [6.45, 7) is 8.58. The summed E-state index contributed by atoms with van der Waals surface area (Å²) >= 11 is 0. The average molecular weight is 156 g/mol. The quantitative estimate of drug-likeness (QED) is 0.663. The Labute approximate surface area is 69.8 Å². The molecule has 0 amide bonds. The minimum Gasteiger partial charge on any atom is -0.324 e. The van der Waals surface area contributed by atoms with Crippen molar-refractivity contribution in [2.24, 2.45) is 5.73 Å². The molecule has 1 aliphatic rings. The van der Waals surface area contributed by atoms with E-state index < -0.39 is 0 Å². The first-order valence-electron chi connectivity index (χ1n) is 4.56. The van der Waals surface area contributed by atoms with Crippen LogP contribution in [0.15, 0.2) is 0 Å². The lowest BCUT2D eigenvalue weighted by Crippen LogP contribution is -2.46. The summed E-state index contributed by atoms with van der Waals surface area (Å²) < 4.78 is 0. The zero-order valence-electron chi connectivity index (χ0n) is 7.93. The highest BCUT2D eigenvalue weighted by atomic mass is 15.2. The SMILES string of the molecule is CCN(CC(C)(C)N)C1CC1. The molecule has 2 N–H and O–H groups in total. The molecular weight excluding hydrogens is 136 g/mol. The standard InChI is InChI=1S/C9H20N2/c1-4-11(8-5-6-8)7-9(2,3)10/h8H,4-7,10H2,1-3H3. The summed E-state index contributed by atoms with van der Waals surface area (Å²) in [5.41, 5.74) is 5.91. The van der Waals surface area contributed by atoms with E-state index in [1.165, 1.54) is 12.8 Å². The molecule has 0 radical (unpaired) electrons. The summed E-state index contributed by atoms with van der Waals surface area (Å²) in [6, 6.07) is 0.850. The number of likely N-dealkylation sites (N-methyl/N-ethyl adjacent to an activating group) is 1. The van der Waals surface area contributed by atoms with Crippen LogP contribution < -0.4 is 5.73 Å². The van der Waals surface area contributed by atoms with E-state index in [4.69, 9.17) is 5.73 Å². The number of hydrogen-bond donors (Lipinski definition) is 1. The molecule has 0 spiro atoms. The van der Waals surface area contributed by atoms with Crippen LogP contribution in [0.2, 0.25) is 0 Å². The van der Waals surface area contributed by atoms with Gasteiger partial charge in [-0.2, -0.15) is 0 Å². The second-order valence-electron chi connectivity index (χ2n) is 4.28. The zero-order valence-corrected chi connectivity index (χ0v) is 7.93. The van der Waals surface area contributed by atoms with Gasteiger partial charge in [-0.1, -0.05) is 6.92 Å². The molecule has 2 heteroatoms. The Bertz CT molecular complexity index is 122. The Hall–Kier alpha value is -0.0800. The third-order valence-electron chi connectivity index (χ3n) is 2.08. The normalized spacial score (nSPS) is 19.4. The monoisotopic (exact) mass is 156 g/mol. The molecule has 0 saturated heterocycles. The number of hydrogen-bond acceptors (Lipinski definition) is 2. The van der Waals surface area contributed by atoms with Crippen molar-refractivity contribution in [1.82, 2.24) is 4.90 Å². The van der Waals surface area contributed by atoms with E-state index in [0.717, 1.165) is 19.1 Å². The average Bonchev–Trinajstić information content (AvgIpc) is 2.61. The fourth-order valence-corrected chi connectivity index (χ4v) is 1.46. The van der Waals surface area contributed by atoms with Gasteiger partial charge in [0.1, 0.15) is 0 Å². The Morgan fingerprint density at radius 2 is 2.00 bits per heavy atom. The van der Waals surface area contributed by atoms with Gasteiger partial charge < -0.3 is 5.73 Å².